The van der Waals surface area contributed by atoms with Gasteiger partial charge in [0.2, 0.25) is 0 Å². The number of likely N-dealkylation sites (tertiary alicyclic amines) is 1. The molecule has 0 amide bonds. The van der Waals surface area contributed by atoms with Crippen LogP contribution in [0.25, 0.3) is 0 Å². The molecular weight excluding hydrogens is 200 g/mol. The van der Waals surface area contributed by atoms with Crippen LogP contribution in [0.5, 0.6) is 0 Å². The van der Waals surface area contributed by atoms with Crippen molar-refractivity contribution in [2.45, 2.75) is 38.6 Å². The zero-order valence-corrected chi connectivity index (χ0v) is 10.6. The number of rotatable bonds is 8. The Bertz CT molecular complexity index is 194. The van der Waals surface area contributed by atoms with Gasteiger partial charge in [0, 0.05) is 32.3 Å². The van der Waals surface area contributed by atoms with Crippen LogP contribution in [0.2, 0.25) is 0 Å². The molecule has 0 aromatic carbocycles. The van der Waals surface area contributed by atoms with Gasteiger partial charge in [-0.05, 0) is 51.6 Å². The van der Waals surface area contributed by atoms with Gasteiger partial charge in [0.1, 0.15) is 0 Å². The maximum atomic E-state index is 5.37. The molecule has 3 nitrogen and oxygen atoms in total. The SMILES string of the molecule is CCOCCCN1CCC(CNC2CC2)C1. The van der Waals surface area contributed by atoms with E-state index in [-0.39, 0.29) is 0 Å². The van der Waals surface area contributed by atoms with Crippen molar-refractivity contribution in [3.8, 4) is 0 Å². The summed E-state index contributed by atoms with van der Waals surface area (Å²) in [7, 11) is 0. The molecule has 0 aromatic rings. The summed E-state index contributed by atoms with van der Waals surface area (Å²) < 4.78 is 5.37. The zero-order chi connectivity index (χ0) is 11.2. The predicted molar refractivity (Wildman–Crippen MR) is 66.7 cm³/mol. The highest BCUT2D eigenvalue weighted by molar-refractivity contribution is 4.84. The second kappa shape index (κ2) is 6.58. The van der Waals surface area contributed by atoms with E-state index in [0.29, 0.717) is 0 Å². The lowest BCUT2D eigenvalue weighted by molar-refractivity contribution is 0.135. The predicted octanol–water partition coefficient (Wildman–Crippen LogP) is 1.49. The van der Waals surface area contributed by atoms with Crippen LogP contribution in [0.1, 0.15) is 32.6 Å². The molecule has 1 heterocycles. The summed E-state index contributed by atoms with van der Waals surface area (Å²) in [4.78, 5) is 2.60. The summed E-state index contributed by atoms with van der Waals surface area (Å²) in [5.74, 6) is 0.896. The number of hydrogen-bond donors (Lipinski definition) is 1. The van der Waals surface area contributed by atoms with E-state index in [4.69, 9.17) is 4.74 Å². The Morgan fingerprint density at radius 2 is 2.19 bits per heavy atom. The fraction of sp³-hybridized carbons (Fsp3) is 1.00. The van der Waals surface area contributed by atoms with E-state index in [2.05, 4.69) is 17.1 Å². The molecule has 1 saturated heterocycles. The van der Waals surface area contributed by atoms with Crippen LogP contribution in [-0.4, -0.2) is 50.3 Å². The van der Waals surface area contributed by atoms with Gasteiger partial charge < -0.3 is 15.0 Å². The molecule has 16 heavy (non-hydrogen) atoms. The first-order chi connectivity index (χ1) is 7.88. The highest BCUT2D eigenvalue weighted by Gasteiger charge is 2.25. The van der Waals surface area contributed by atoms with Gasteiger partial charge in [-0.2, -0.15) is 0 Å². The van der Waals surface area contributed by atoms with Gasteiger partial charge in [0.15, 0.2) is 0 Å². The van der Waals surface area contributed by atoms with Gasteiger partial charge in [-0.25, -0.2) is 0 Å². The lowest BCUT2D eigenvalue weighted by atomic mass is 10.1. The lowest BCUT2D eigenvalue weighted by Gasteiger charge is -2.16. The van der Waals surface area contributed by atoms with Crippen molar-refractivity contribution in [2.75, 3.05) is 39.4 Å². The van der Waals surface area contributed by atoms with Gasteiger partial charge >= 0.3 is 0 Å². The van der Waals surface area contributed by atoms with Crippen LogP contribution in [0.15, 0.2) is 0 Å². The molecule has 0 aromatic heterocycles. The second-order valence-corrected chi connectivity index (χ2v) is 5.19. The van der Waals surface area contributed by atoms with Crippen molar-refractivity contribution in [1.82, 2.24) is 10.2 Å². The first kappa shape index (κ1) is 12.3. The number of nitrogens with zero attached hydrogens (tertiary/aromatic N) is 1. The zero-order valence-electron chi connectivity index (χ0n) is 10.6. The minimum Gasteiger partial charge on any atom is -0.382 e. The Hall–Kier alpha value is -0.120. The summed E-state index contributed by atoms with van der Waals surface area (Å²) in [6.45, 7) is 8.91. The molecule has 1 aliphatic heterocycles. The smallest absolute Gasteiger partial charge is 0.0478 e. The monoisotopic (exact) mass is 226 g/mol. The van der Waals surface area contributed by atoms with Crippen molar-refractivity contribution in [1.29, 1.82) is 0 Å². The van der Waals surface area contributed by atoms with E-state index in [0.717, 1.165) is 25.2 Å². The summed E-state index contributed by atoms with van der Waals surface area (Å²) in [5, 5.41) is 3.64. The van der Waals surface area contributed by atoms with E-state index >= 15 is 0 Å². The van der Waals surface area contributed by atoms with E-state index in [1.54, 1.807) is 0 Å². The van der Waals surface area contributed by atoms with Gasteiger partial charge in [0.25, 0.3) is 0 Å². The van der Waals surface area contributed by atoms with Crippen molar-refractivity contribution in [2.24, 2.45) is 5.92 Å². The van der Waals surface area contributed by atoms with Gasteiger partial charge in [-0.1, -0.05) is 0 Å². The average molecular weight is 226 g/mol. The van der Waals surface area contributed by atoms with Crippen molar-refractivity contribution in [3.63, 3.8) is 0 Å². The van der Waals surface area contributed by atoms with Crippen LogP contribution >= 0.6 is 0 Å². The summed E-state index contributed by atoms with van der Waals surface area (Å²) in [5.41, 5.74) is 0. The van der Waals surface area contributed by atoms with Crippen LogP contribution < -0.4 is 5.32 Å². The van der Waals surface area contributed by atoms with Crippen LogP contribution in [0, 0.1) is 5.92 Å². The topological polar surface area (TPSA) is 24.5 Å². The van der Waals surface area contributed by atoms with Gasteiger partial charge in [0.05, 0.1) is 0 Å². The van der Waals surface area contributed by atoms with E-state index in [1.807, 2.05) is 0 Å². The summed E-state index contributed by atoms with van der Waals surface area (Å²) >= 11 is 0. The van der Waals surface area contributed by atoms with Crippen LogP contribution in [0.4, 0.5) is 0 Å². The fourth-order valence-electron chi connectivity index (χ4n) is 2.44. The van der Waals surface area contributed by atoms with Gasteiger partial charge in [-0.15, -0.1) is 0 Å². The second-order valence-electron chi connectivity index (χ2n) is 5.19. The molecule has 1 atom stereocenters. The largest absolute Gasteiger partial charge is 0.382 e. The highest BCUT2D eigenvalue weighted by atomic mass is 16.5. The van der Waals surface area contributed by atoms with Gasteiger partial charge in [-0.3, -0.25) is 0 Å². The van der Waals surface area contributed by atoms with E-state index < -0.39 is 0 Å². The molecule has 1 unspecified atom stereocenters. The summed E-state index contributed by atoms with van der Waals surface area (Å²) in [6.07, 6.45) is 5.39. The Morgan fingerprint density at radius 3 is 2.94 bits per heavy atom. The fourth-order valence-corrected chi connectivity index (χ4v) is 2.44. The third kappa shape index (κ3) is 4.40. The molecule has 0 bridgehead atoms. The Morgan fingerprint density at radius 1 is 1.31 bits per heavy atom. The molecule has 2 aliphatic rings. The number of nitrogens with one attached hydrogen (secondary N) is 1. The number of hydrogen-bond acceptors (Lipinski definition) is 3. The van der Waals surface area contributed by atoms with Crippen molar-refractivity contribution < 1.29 is 4.74 Å². The molecular formula is C13H26N2O. The maximum absolute atomic E-state index is 5.37. The normalized spacial score (nSPS) is 26.4. The average Bonchev–Trinajstić information content (AvgIpc) is 3.02. The van der Waals surface area contributed by atoms with Crippen molar-refractivity contribution >= 4 is 0 Å². The molecule has 1 aliphatic carbocycles. The molecule has 2 fully saturated rings. The first-order valence-corrected chi connectivity index (χ1v) is 6.92. The molecule has 1 N–H and O–H groups in total. The molecule has 1 saturated carbocycles. The molecule has 0 radical (unpaired) electrons. The minimum atomic E-state index is 0.855. The third-order valence-corrected chi connectivity index (χ3v) is 3.61. The quantitative estimate of drug-likeness (QED) is 0.635. The molecule has 3 heteroatoms. The number of ether oxygens (including phenoxy) is 1. The Labute approximate surface area is 99.5 Å². The van der Waals surface area contributed by atoms with Crippen LogP contribution in [-0.2, 0) is 4.74 Å². The lowest BCUT2D eigenvalue weighted by Crippen LogP contribution is -2.28. The standard InChI is InChI=1S/C13H26N2O/c1-2-16-9-3-7-15-8-6-12(11-15)10-14-13-4-5-13/h12-14H,2-11H2,1H3. The Kier molecular flexibility index (Phi) is 5.07. The van der Waals surface area contributed by atoms with E-state index in [1.165, 1.54) is 51.9 Å². The molecule has 94 valence electrons. The Balaban J connectivity index is 1.49. The third-order valence-electron chi connectivity index (χ3n) is 3.61. The molecule has 2 rings (SSSR count). The minimum absolute atomic E-state index is 0.855. The first-order valence-electron chi connectivity index (χ1n) is 6.92. The molecule has 0 spiro atoms. The summed E-state index contributed by atoms with van der Waals surface area (Å²) in [6, 6.07) is 0.868. The maximum Gasteiger partial charge on any atom is 0.0478 e. The van der Waals surface area contributed by atoms with E-state index in [9.17, 15) is 0 Å². The highest BCUT2D eigenvalue weighted by Crippen LogP contribution is 2.21. The van der Waals surface area contributed by atoms with Crippen LogP contribution in [0.3, 0.4) is 0 Å². The van der Waals surface area contributed by atoms with Crippen molar-refractivity contribution in [3.05, 3.63) is 0 Å².